The number of unbranched alkanes of at least 4 members (excludes halogenated alkanes) is 1. The number of halogens is 1. The number of nitrogens with two attached hydrogens (primary N) is 1. The van der Waals surface area contributed by atoms with Crippen molar-refractivity contribution >= 4 is 15.9 Å². The number of aliphatic hydroxyl groups excluding tert-OH is 1. The molecule has 0 bridgehead atoms. The summed E-state index contributed by atoms with van der Waals surface area (Å²) >= 11 is 3.42. The van der Waals surface area contributed by atoms with Gasteiger partial charge in [-0.25, -0.2) is 0 Å². The van der Waals surface area contributed by atoms with Crippen molar-refractivity contribution in [1.29, 1.82) is 0 Å². The molecule has 4 heteroatoms. The molecular weight excluding hydrogens is 294 g/mol. The van der Waals surface area contributed by atoms with Crippen molar-refractivity contribution in [3.05, 3.63) is 28.2 Å². The highest BCUT2D eigenvalue weighted by atomic mass is 79.9. The van der Waals surface area contributed by atoms with Gasteiger partial charge in [0.25, 0.3) is 0 Å². The van der Waals surface area contributed by atoms with Gasteiger partial charge in [-0.05, 0) is 31.5 Å². The Morgan fingerprint density at radius 2 is 2.11 bits per heavy atom. The third kappa shape index (κ3) is 4.26. The van der Waals surface area contributed by atoms with Crippen LogP contribution in [-0.2, 0) is 0 Å². The van der Waals surface area contributed by atoms with Crippen LogP contribution in [0.5, 0.6) is 5.75 Å². The van der Waals surface area contributed by atoms with Crippen LogP contribution in [0.4, 0.5) is 0 Å². The van der Waals surface area contributed by atoms with Crippen LogP contribution in [-0.4, -0.2) is 17.8 Å². The summed E-state index contributed by atoms with van der Waals surface area (Å²) in [5.41, 5.74) is 6.98. The molecule has 0 aliphatic carbocycles. The Balaban J connectivity index is 2.87. The van der Waals surface area contributed by atoms with Gasteiger partial charge in [0.05, 0.1) is 18.8 Å². The topological polar surface area (TPSA) is 55.5 Å². The monoisotopic (exact) mass is 315 g/mol. The maximum atomic E-state index is 10.1. The molecule has 102 valence electrons. The summed E-state index contributed by atoms with van der Waals surface area (Å²) in [7, 11) is 0. The van der Waals surface area contributed by atoms with Crippen molar-refractivity contribution in [3.63, 3.8) is 0 Å². The van der Waals surface area contributed by atoms with Gasteiger partial charge in [0.15, 0.2) is 0 Å². The fourth-order valence-electron chi connectivity index (χ4n) is 1.87. The number of ether oxygens (including phenoxy) is 1. The van der Waals surface area contributed by atoms with Crippen LogP contribution in [0.15, 0.2) is 22.7 Å². The van der Waals surface area contributed by atoms with Gasteiger partial charge in [-0.1, -0.05) is 35.7 Å². The molecule has 0 unspecified atom stereocenters. The van der Waals surface area contributed by atoms with Crippen molar-refractivity contribution in [3.8, 4) is 5.75 Å². The van der Waals surface area contributed by atoms with Gasteiger partial charge in [-0.15, -0.1) is 0 Å². The lowest BCUT2D eigenvalue weighted by Gasteiger charge is -2.21. The Morgan fingerprint density at radius 3 is 2.72 bits per heavy atom. The summed E-state index contributed by atoms with van der Waals surface area (Å²) in [6.45, 7) is 4.63. The highest BCUT2D eigenvalue weighted by Crippen LogP contribution is 2.30. The molecule has 0 radical (unpaired) electrons. The lowest BCUT2D eigenvalue weighted by Crippen LogP contribution is -2.26. The zero-order chi connectivity index (χ0) is 13.5. The summed E-state index contributed by atoms with van der Waals surface area (Å²) in [5.74, 6) is 0.753. The lowest BCUT2D eigenvalue weighted by molar-refractivity contribution is 0.131. The van der Waals surface area contributed by atoms with Crippen LogP contribution >= 0.6 is 15.9 Å². The predicted molar refractivity (Wildman–Crippen MR) is 77.8 cm³/mol. The molecule has 0 spiro atoms. The van der Waals surface area contributed by atoms with Crippen molar-refractivity contribution in [2.45, 2.75) is 45.3 Å². The van der Waals surface area contributed by atoms with Gasteiger partial charge in [0.2, 0.25) is 0 Å². The molecule has 0 aliphatic rings. The van der Waals surface area contributed by atoms with E-state index in [1.165, 1.54) is 0 Å². The molecule has 0 saturated carbocycles. The van der Waals surface area contributed by atoms with Gasteiger partial charge >= 0.3 is 0 Å². The van der Waals surface area contributed by atoms with Gasteiger partial charge in [-0.2, -0.15) is 0 Å². The van der Waals surface area contributed by atoms with E-state index in [1.54, 1.807) is 0 Å². The average Bonchev–Trinajstić information content (AvgIpc) is 2.37. The molecule has 0 aliphatic heterocycles. The van der Waals surface area contributed by atoms with Gasteiger partial charge in [-0.3, -0.25) is 0 Å². The Kier molecular flexibility index (Phi) is 6.68. The first-order valence-electron chi connectivity index (χ1n) is 6.46. The number of rotatable bonds is 7. The lowest BCUT2D eigenvalue weighted by atomic mass is 9.97. The van der Waals surface area contributed by atoms with Crippen molar-refractivity contribution in [2.24, 2.45) is 5.73 Å². The summed E-state index contributed by atoms with van der Waals surface area (Å²) in [4.78, 5) is 0. The fourth-order valence-corrected chi connectivity index (χ4v) is 2.25. The molecule has 2 atom stereocenters. The van der Waals surface area contributed by atoms with Crippen molar-refractivity contribution in [2.75, 3.05) is 6.61 Å². The first-order valence-corrected chi connectivity index (χ1v) is 7.25. The SMILES string of the molecule is CCCC[C@@H](O)[C@@H](N)c1cc(Br)ccc1OCC. The van der Waals surface area contributed by atoms with E-state index in [1.807, 2.05) is 25.1 Å². The zero-order valence-corrected chi connectivity index (χ0v) is 12.6. The number of hydrogen-bond acceptors (Lipinski definition) is 3. The molecule has 0 saturated heterocycles. The van der Waals surface area contributed by atoms with Crippen LogP contribution in [0.1, 0.15) is 44.7 Å². The second kappa shape index (κ2) is 7.77. The standard InChI is InChI=1S/C14H22BrNO2/c1-3-5-6-12(17)14(16)11-9-10(15)7-8-13(11)18-4-2/h7-9,12,14,17H,3-6,16H2,1-2H3/t12-,14+/m1/s1. The summed E-state index contributed by atoms with van der Waals surface area (Å²) in [5, 5.41) is 10.1. The predicted octanol–water partition coefficient (Wildman–Crippen LogP) is 3.40. The van der Waals surface area contributed by atoms with E-state index < -0.39 is 12.1 Å². The van der Waals surface area contributed by atoms with Crippen LogP contribution in [0, 0.1) is 0 Å². The van der Waals surface area contributed by atoms with E-state index in [4.69, 9.17) is 10.5 Å². The maximum absolute atomic E-state index is 10.1. The molecule has 0 amide bonds. The zero-order valence-electron chi connectivity index (χ0n) is 11.0. The number of hydrogen-bond donors (Lipinski definition) is 2. The second-order valence-corrected chi connectivity index (χ2v) is 5.27. The number of benzene rings is 1. The summed E-state index contributed by atoms with van der Waals surface area (Å²) < 4.78 is 6.50. The Labute approximate surface area is 117 Å². The Hall–Kier alpha value is -0.580. The molecule has 1 aromatic rings. The van der Waals surface area contributed by atoms with E-state index in [0.717, 1.165) is 35.0 Å². The van der Waals surface area contributed by atoms with E-state index in [9.17, 15) is 5.11 Å². The van der Waals surface area contributed by atoms with E-state index in [0.29, 0.717) is 6.61 Å². The van der Waals surface area contributed by atoms with Gasteiger partial charge < -0.3 is 15.6 Å². The quantitative estimate of drug-likeness (QED) is 0.810. The molecule has 1 aromatic carbocycles. The van der Waals surface area contributed by atoms with Crippen LogP contribution < -0.4 is 10.5 Å². The first kappa shape index (κ1) is 15.5. The minimum absolute atomic E-state index is 0.407. The maximum Gasteiger partial charge on any atom is 0.124 e. The molecule has 18 heavy (non-hydrogen) atoms. The minimum atomic E-state index is -0.529. The van der Waals surface area contributed by atoms with E-state index >= 15 is 0 Å². The normalized spacial score (nSPS) is 14.3. The third-order valence-corrected chi connectivity index (χ3v) is 3.39. The largest absolute Gasteiger partial charge is 0.494 e. The molecule has 3 nitrogen and oxygen atoms in total. The molecule has 0 aromatic heterocycles. The molecule has 0 heterocycles. The Bertz CT molecular complexity index is 371. The van der Waals surface area contributed by atoms with Crippen LogP contribution in [0.2, 0.25) is 0 Å². The van der Waals surface area contributed by atoms with Crippen LogP contribution in [0.25, 0.3) is 0 Å². The second-order valence-electron chi connectivity index (χ2n) is 4.35. The average molecular weight is 316 g/mol. The smallest absolute Gasteiger partial charge is 0.124 e. The summed E-state index contributed by atoms with van der Waals surface area (Å²) in [6.07, 6.45) is 2.22. The third-order valence-electron chi connectivity index (χ3n) is 2.90. The van der Waals surface area contributed by atoms with E-state index in [2.05, 4.69) is 22.9 Å². The molecular formula is C14H22BrNO2. The first-order chi connectivity index (χ1) is 8.60. The molecule has 1 rings (SSSR count). The number of aliphatic hydroxyl groups is 1. The highest BCUT2D eigenvalue weighted by molar-refractivity contribution is 9.10. The Morgan fingerprint density at radius 1 is 1.39 bits per heavy atom. The molecule has 3 N–H and O–H groups in total. The highest BCUT2D eigenvalue weighted by Gasteiger charge is 2.20. The van der Waals surface area contributed by atoms with E-state index in [-0.39, 0.29) is 0 Å². The van der Waals surface area contributed by atoms with Gasteiger partial charge in [0.1, 0.15) is 5.75 Å². The molecule has 0 fully saturated rings. The minimum Gasteiger partial charge on any atom is -0.494 e. The summed E-state index contributed by atoms with van der Waals surface area (Å²) in [6, 6.07) is 5.32. The van der Waals surface area contributed by atoms with Crippen LogP contribution in [0.3, 0.4) is 0 Å². The van der Waals surface area contributed by atoms with Crippen molar-refractivity contribution in [1.82, 2.24) is 0 Å². The fraction of sp³-hybridized carbons (Fsp3) is 0.571. The van der Waals surface area contributed by atoms with Gasteiger partial charge in [0, 0.05) is 10.0 Å². The van der Waals surface area contributed by atoms with Crippen molar-refractivity contribution < 1.29 is 9.84 Å².